The molecule has 1 fully saturated rings. The summed E-state index contributed by atoms with van der Waals surface area (Å²) in [6.07, 6.45) is 0.942. The van der Waals surface area contributed by atoms with E-state index in [1.807, 2.05) is 6.92 Å². The van der Waals surface area contributed by atoms with E-state index in [0.717, 1.165) is 6.29 Å². The van der Waals surface area contributed by atoms with Crippen LogP contribution in [0.1, 0.15) is 6.92 Å². The molecule has 0 radical (unpaired) electrons. The average Bonchev–Trinajstić information content (AvgIpc) is 2.19. The third-order valence-electron chi connectivity index (χ3n) is 0.892. The highest BCUT2D eigenvalue weighted by Crippen LogP contribution is 2.16. The Bertz CT molecular complexity index is 69.9. The van der Waals surface area contributed by atoms with Gasteiger partial charge in [-0.05, 0) is 6.92 Å². The van der Waals surface area contributed by atoms with Gasteiger partial charge < -0.3 is 9.53 Å². The van der Waals surface area contributed by atoms with Crippen molar-refractivity contribution in [2.45, 2.75) is 19.1 Å². The Hall–Kier alpha value is -0.370. The molecule has 1 saturated heterocycles. The quantitative estimate of drug-likeness (QED) is 0.331. The summed E-state index contributed by atoms with van der Waals surface area (Å²) < 4.78 is 4.70. The number of ether oxygens (including phenoxy) is 1. The zero-order valence-electron chi connectivity index (χ0n) is 3.55. The maximum absolute atomic E-state index is 9.65. The molecule has 0 aromatic rings. The van der Waals surface area contributed by atoms with E-state index in [-0.39, 0.29) is 12.2 Å². The van der Waals surface area contributed by atoms with Gasteiger partial charge in [0.05, 0.1) is 6.10 Å². The first-order chi connectivity index (χ1) is 2.84. The van der Waals surface area contributed by atoms with Crippen LogP contribution in [0, 0.1) is 0 Å². The molecule has 2 unspecified atom stereocenters. The van der Waals surface area contributed by atoms with E-state index in [0.29, 0.717) is 0 Å². The molecule has 34 valence electrons. The number of carbonyl (C=O) groups is 1. The molecule has 2 heteroatoms. The van der Waals surface area contributed by atoms with Gasteiger partial charge in [0, 0.05) is 0 Å². The second kappa shape index (κ2) is 1.05. The van der Waals surface area contributed by atoms with Crippen LogP contribution in [0.4, 0.5) is 0 Å². The van der Waals surface area contributed by atoms with E-state index < -0.39 is 0 Å². The number of rotatable bonds is 1. The summed E-state index contributed by atoms with van der Waals surface area (Å²) in [5.74, 6) is 0. The predicted molar refractivity (Wildman–Crippen MR) is 20.4 cm³/mol. The molecule has 0 spiro atoms. The van der Waals surface area contributed by atoms with Crippen LogP contribution in [-0.2, 0) is 9.53 Å². The van der Waals surface area contributed by atoms with Gasteiger partial charge in [-0.2, -0.15) is 0 Å². The summed E-state index contributed by atoms with van der Waals surface area (Å²) in [6.45, 7) is 1.87. The van der Waals surface area contributed by atoms with Gasteiger partial charge in [0.2, 0.25) is 0 Å². The van der Waals surface area contributed by atoms with Gasteiger partial charge in [0.25, 0.3) is 0 Å². The van der Waals surface area contributed by atoms with Crippen molar-refractivity contribution >= 4 is 6.29 Å². The standard InChI is InChI=1S/C4H6O2/c1-3-4(2-5)6-3/h2-4H,1H3. The fraction of sp³-hybridized carbons (Fsp3) is 0.750. The monoisotopic (exact) mass is 86.0 g/mol. The van der Waals surface area contributed by atoms with Gasteiger partial charge in [0.1, 0.15) is 6.10 Å². The van der Waals surface area contributed by atoms with Gasteiger partial charge in [-0.15, -0.1) is 0 Å². The van der Waals surface area contributed by atoms with Crippen LogP contribution in [0.5, 0.6) is 0 Å². The summed E-state index contributed by atoms with van der Waals surface area (Å²) in [6, 6.07) is 0. The SMILES string of the molecule is CC1OC1C=O. The zero-order chi connectivity index (χ0) is 4.57. The molecule has 1 rings (SSSR count). The largest absolute Gasteiger partial charge is 0.362 e. The fourth-order valence-corrected chi connectivity index (χ4v) is 0.345. The first-order valence-electron chi connectivity index (χ1n) is 1.95. The van der Waals surface area contributed by atoms with Gasteiger partial charge in [-0.3, -0.25) is 0 Å². The first kappa shape index (κ1) is 3.81. The molecule has 1 aliphatic rings. The summed E-state index contributed by atoms with van der Waals surface area (Å²) in [5.41, 5.74) is 0. The highest BCUT2D eigenvalue weighted by molar-refractivity contribution is 5.60. The predicted octanol–water partition coefficient (Wildman–Crippen LogP) is -0.0274. The van der Waals surface area contributed by atoms with Gasteiger partial charge in [0.15, 0.2) is 6.29 Å². The molecule has 0 aliphatic carbocycles. The molecular weight excluding hydrogens is 80.0 g/mol. The summed E-state index contributed by atoms with van der Waals surface area (Å²) >= 11 is 0. The minimum absolute atomic E-state index is 0.0787. The van der Waals surface area contributed by atoms with E-state index in [9.17, 15) is 4.79 Å². The van der Waals surface area contributed by atoms with E-state index in [1.165, 1.54) is 0 Å². The minimum atomic E-state index is -0.0787. The van der Waals surface area contributed by atoms with Crippen LogP contribution in [0.15, 0.2) is 0 Å². The summed E-state index contributed by atoms with van der Waals surface area (Å²) in [5, 5.41) is 0. The maximum atomic E-state index is 9.65. The summed E-state index contributed by atoms with van der Waals surface area (Å²) in [4.78, 5) is 9.65. The molecule has 0 saturated carbocycles. The molecular formula is C4H6O2. The highest BCUT2D eigenvalue weighted by atomic mass is 16.6. The number of hydrogen-bond donors (Lipinski definition) is 0. The number of aldehydes is 1. The van der Waals surface area contributed by atoms with Crippen molar-refractivity contribution in [3.8, 4) is 0 Å². The second-order valence-corrected chi connectivity index (χ2v) is 1.44. The third kappa shape index (κ3) is 0.431. The molecule has 0 bridgehead atoms. The Balaban J connectivity index is 2.25. The Kier molecular flexibility index (Phi) is 0.665. The van der Waals surface area contributed by atoms with Crippen molar-refractivity contribution in [3.63, 3.8) is 0 Å². The molecule has 0 amide bonds. The lowest BCUT2D eigenvalue weighted by molar-refractivity contribution is -0.108. The number of carbonyl (C=O) groups excluding carboxylic acids is 1. The summed E-state index contributed by atoms with van der Waals surface area (Å²) in [7, 11) is 0. The van der Waals surface area contributed by atoms with Crippen molar-refractivity contribution in [2.24, 2.45) is 0 Å². The first-order valence-corrected chi connectivity index (χ1v) is 1.95. The Morgan fingerprint density at radius 3 is 2.33 bits per heavy atom. The van der Waals surface area contributed by atoms with E-state index >= 15 is 0 Å². The van der Waals surface area contributed by atoms with Crippen LogP contribution in [-0.4, -0.2) is 18.5 Å². The zero-order valence-corrected chi connectivity index (χ0v) is 3.55. The molecule has 2 atom stereocenters. The Labute approximate surface area is 36.1 Å². The molecule has 6 heavy (non-hydrogen) atoms. The number of epoxide rings is 1. The maximum Gasteiger partial charge on any atom is 0.151 e. The molecule has 1 aliphatic heterocycles. The van der Waals surface area contributed by atoms with Gasteiger partial charge >= 0.3 is 0 Å². The van der Waals surface area contributed by atoms with E-state index in [4.69, 9.17) is 4.74 Å². The van der Waals surface area contributed by atoms with Crippen LogP contribution in [0.3, 0.4) is 0 Å². The van der Waals surface area contributed by atoms with Crippen LogP contribution in [0.25, 0.3) is 0 Å². The Morgan fingerprint density at radius 1 is 1.83 bits per heavy atom. The third-order valence-corrected chi connectivity index (χ3v) is 0.892. The average molecular weight is 86.1 g/mol. The highest BCUT2D eigenvalue weighted by Gasteiger charge is 2.33. The lowest BCUT2D eigenvalue weighted by Gasteiger charge is -1.58. The smallest absolute Gasteiger partial charge is 0.151 e. The fourth-order valence-electron chi connectivity index (χ4n) is 0.345. The van der Waals surface area contributed by atoms with Crippen molar-refractivity contribution in [1.82, 2.24) is 0 Å². The Morgan fingerprint density at radius 2 is 2.33 bits per heavy atom. The van der Waals surface area contributed by atoms with E-state index in [2.05, 4.69) is 0 Å². The molecule has 0 N–H and O–H groups in total. The molecule has 2 nitrogen and oxygen atoms in total. The lowest BCUT2D eigenvalue weighted by atomic mass is 10.4. The van der Waals surface area contributed by atoms with E-state index in [1.54, 1.807) is 0 Å². The topological polar surface area (TPSA) is 29.6 Å². The minimum Gasteiger partial charge on any atom is -0.362 e. The van der Waals surface area contributed by atoms with Crippen molar-refractivity contribution < 1.29 is 9.53 Å². The van der Waals surface area contributed by atoms with Crippen LogP contribution < -0.4 is 0 Å². The molecule has 0 aromatic heterocycles. The van der Waals surface area contributed by atoms with Crippen LogP contribution >= 0.6 is 0 Å². The van der Waals surface area contributed by atoms with Crippen molar-refractivity contribution in [2.75, 3.05) is 0 Å². The van der Waals surface area contributed by atoms with Crippen LogP contribution in [0.2, 0.25) is 0 Å². The number of hydrogen-bond acceptors (Lipinski definition) is 2. The van der Waals surface area contributed by atoms with Crippen molar-refractivity contribution in [3.05, 3.63) is 0 Å². The lowest BCUT2D eigenvalue weighted by Crippen LogP contribution is -1.86. The normalized spacial score (nSPS) is 42.2. The van der Waals surface area contributed by atoms with Gasteiger partial charge in [-0.25, -0.2) is 0 Å². The second-order valence-electron chi connectivity index (χ2n) is 1.44. The van der Waals surface area contributed by atoms with Crippen molar-refractivity contribution in [1.29, 1.82) is 0 Å². The molecule has 1 heterocycles. The molecule has 0 aromatic carbocycles. The van der Waals surface area contributed by atoms with Gasteiger partial charge in [-0.1, -0.05) is 0 Å².